The first-order valence-corrected chi connectivity index (χ1v) is 8.13. The fraction of sp³-hybridized carbons (Fsp3) is 0.429. The molecule has 6 nitrogen and oxygen atoms in total. The van der Waals surface area contributed by atoms with Gasteiger partial charge in [0.1, 0.15) is 5.69 Å². The van der Waals surface area contributed by atoms with Crippen molar-refractivity contribution in [1.82, 2.24) is 15.2 Å². The average molecular weight is 336 g/mol. The van der Waals surface area contributed by atoms with Crippen molar-refractivity contribution >= 4 is 28.6 Å². The molecule has 1 atom stereocenters. The highest BCUT2D eigenvalue weighted by Crippen LogP contribution is 2.44. The first-order chi connectivity index (χ1) is 11.0. The Balaban J connectivity index is 1.69. The summed E-state index contributed by atoms with van der Waals surface area (Å²) in [5.41, 5.74) is 0.774. The minimum Gasteiger partial charge on any atom is -0.300 e. The normalized spacial score (nSPS) is 22.0. The van der Waals surface area contributed by atoms with Gasteiger partial charge in [-0.3, -0.25) is 5.10 Å². The maximum Gasteiger partial charge on any atom is 0.290 e. The van der Waals surface area contributed by atoms with Crippen molar-refractivity contribution in [3.05, 3.63) is 16.8 Å². The Hall–Kier alpha value is -2.16. The van der Waals surface area contributed by atoms with Gasteiger partial charge in [-0.2, -0.15) is 13.9 Å². The lowest BCUT2D eigenvalue weighted by Crippen LogP contribution is -2.17. The molecule has 2 aromatic heterocycles. The minimum atomic E-state index is -2.91. The fourth-order valence-corrected chi connectivity index (χ4v) is 3.64. The fourth-order valence-electron chi connectivity index (χ4n) is 2.67. The lowest BCUT2D eigenvalue weighted by Gasteiger charge is -2.12. The van der Waals surface area contributed by atoms with Gasteiger partial charge in [-0.05, 0) is 13.3 Å². The van der Waals surface area contributed by atoms with Gasteiger partial charge in [-0.1, -0.05) is 0 Å². The zero-order chi connectivity index (χ0) is 16.0. The number of aliphatic imine (C=N–C) groups is 2. The van der Waals surface area contributed by atoms with E-state index in [1.54, 1.807) is 0 Å². The molecule has 0 aromatic carbocycles. The number of hydrogen-bond acceptors (Lipinski definition) is 6. The number of thiazole rings is 1. The maximum absolute atomic E-state index is 14.1. The van der Waals surface area contributed by atoms with Crippen molar-refractivity contribution in [2.75, 3.05) is 5.32 Å². The lowest BCUT2D eigenvalue weighted by molar-refractivity contribution is -0.0159. The number of nitrogens with one attached hydrogen (secondary N) is 2. The van der Waals surface area contributed by atoms with Gasteiger partial charge in [0, 0.05) is 29.5 Å². The van der Waals surface area contributed by atoms with Gasteiger partial charge >= 0.3 is 0 Å². The van der Waals surface area contributed by atoms with Crippen LogP contribution in [0, 0.1) is 0 Å². The number of aryl methyl sites for hydroxylation is 1. The number of halogens is 2. The van der Waals surface area contributed by atoms with E-state index in [0.717, 1.165) is 11.3 Å². The molecule has 9 heteroatoms. The highest BCUT2D eigenvalue weighted by molar-refractivity contribution is 7.16. The van der Waals surface area contributed by atoms with Crippen LogP contribution in [-0.4, -0.2) is 33.4 Å². The molecular formula is C14H14F2N6S. The molecule has 0 saturated heterocycles. The van der Waals surface area contributed by atoms with E-state index in [4.69, 9.17) is 0 Å². The molecule has 0 saturated carbocycles. The Morgan fingerprint density at radius 2 is 2.30 bits per heavy atom. The van der Waals surface area contributed by atoms with Crippen LogP contribution in [0.4, 0.5) is 13.9 Å². The van der Waals surface area contributed by atoms with Crippen LogP contribution in [0.1, 0.15) is 30.3 Å². The van der Waals surface area contributed by atoms with Crippen molar-refractivity contribution in [2.45, 2.75) is 38.2 Å². The van der Waals surface area contributed by atoms with Gasteiger partial charge in [0.15, 0.2) is 5.13 Å². The summed E-state index contributed by atoms with van der Waals surface area (Å²) in [4.78, 5) is 13.9. The number of guanidine groups is 1. The van der Waals surface area contributed by atoms with E-state index >= 15 is 0 Å². The van der Waals surface area contributed by atoms with E-state index in [-0.39, 0.29) is 24.6 Å². The average Bonchev–Trinajstić information content (AvgIpc) is 3.10. The zero-order valence-electron chi connectivity index (χ0n) is 12.3. The van der Waals surface area contributed by atoms with E-state index in [2.05, 4.69) is 30.5 Å². The number of alkyl halides is 2. The van der Waals surface area contributed by atoms with Crippen LogP contribution >= 0.6 is 11.3 Å². The number of aromatic amines is 1. The van der Waals surface area contributed by atoms with Crippen LogP contribution < -0.4 is 5.32 Å². The number of rotatable bonds is 1. The van der Waals surface area contributed by atoms with Gasteiger partial charge in [-0.15, -0.1) is 11.3 Å². The van der Waals surface area contributed by atoms with Gasteiger partial charge in [-0.25, -0.2) is 15.0 Å². The third kappa shape index (κ3) is 2.54. The number of hydrogen-bond donors (Lipinski definition) is 2. The summed E-state index contributed by atoms with van der Waals surface area (Å²) in [6.45, 7) is 2.00. The Morgan fingerprint density at radius 3 is 3.13 bits per heavy atom. The second-order valence-corrected chi connectivity index (χ2v) is 6.71. The second kappa shape index (κ2) is 5.19. The quantitative estimate of drug-likeness (QED) is 0.839. The van der Waals surface area contributed by atoms with E-state index in [1.165, 1.54) is 17.5 Å². The first-order valence-electron chi connectivity index (χ1n) is 7.32. The smallest absolute Gasteiger partial charge is 0.290 e. The van der Waals surface area contributed by atoms with Crippen LogP contribution in [0.25, 0.3) is 11.3 Å². The Bertz CT molecular complexity index is 806. The van der Waals surface area contributed by atoms with Crippen LogP contribution in [0.5, 0.6) is 0 Å². The summed E-state index contributed by atoms with van der Waals surface area (Å²) in [5.74, 6) is -2.40. The minimum absolute atomic E-state index is 0.158. The molecule has 1 aliphatic heterocycles. The molecule has 0 bridgehead atoms. The van der Waals surface area contributed by atoms with Crippen molar-refractivity contribution < 1.29 is 8.78 Å². The summed E-state index contributed by atoms with van der Waals surface area (Å²) < 4.78 is 28.2. The monoisotopic (exact) mass is 336 g/mol. The summed E-state index contributed by atoms with van der Waals surface area (Å²) in [6, 6.07) is 0.173. The lowest BCUT2D eigenvalue weighted by atomic mass is 10.1. The highest BCUT2D eigenvalue weighted by atomic mass is 32.1. The predicted octanol–water partition coefficient (Wildman–Crippen LogP) is 3.20. The molecule has 3 heterocycles. The van der Waals surface area contributed by atoms with E-state index < -0.39 is 5.92 Å². The summed E-state index contributed by atoms with van der Waals surface area (Å²) in [5, 5.41) is 9.87. The van der Waals surface area contributed by atoms with Crippen LogP contribution in [0.2, 0.25) is 0 Å². The number of anilines is 1. The Kier molecular flexibility index (Phi) is 3.26. The topological polar surface area (TPSA) is 78.3 Å². The highest BCUT2D eigenvalue weighted by Gasteiger charge is 2.40. The molecule has 23 heavy (non-hydrogen) atoms. The zero-order valence-corrected chi connectivity index (χ0v) is 13.1. The summed E-state index contributed by atoms with van der Waals surface area (Å²) in [7, 11) is 0. The van der Waals surface area contributed by atoms with E-state index in [1.807, 2.05) is 13.1 Å². The van der Waals surface area contributed by atoms with E-state index in [9.17, 15) is 8.78 Å². The van der Waals surface area contributed by atoms with Crippen LogP contribution in [0.3, 0.4) is 0 Å². The predicted molar refractivity (Wildman–Crippen MR) is 85.5 cm³/mol. The van der Waals surface area contributed by atoms with Crippen molar-refractivity contribution in [3.8, 4) is 11.3 Å². The summed E-state index contributed by atoms with van der Waals surface area (Å²) >= 11 is 1.36. The van der Waals surface area contributed by atoms with Crippen molar-refractivity contribution in [1.29, 1.82) is 0 Å². The molecule has 2 N–H and O–H groups in total. The molecule has 0 radical (unpaired) electrons. The van der Waals surface area contributed by atoms with Crippen LogP contribution in [0.15, 0.2) is 16.2 Å². The van der Waals surface area contributed by atoms with Gasteiger partial charge < -0.3 is 5.32 Å². The second-order valence-electron chi connectivity index (χ2n) is 5.63. The molecule has 120 valence electrons. The van der Waals surface area contributed by atoms with Crippen molar-refractivity contribution in [3.63, 3.8) is 0 Å². The standard InChI is InChI=1S/C14H14F2N6S/c1-7-3-5-17-12(19-7)21-13-20-10-8-6-18-22-11(8)14(15,16)4-2-9(10)23-13/h5-7H,2-4H2,1H3,(H,18,22)(H,19,20,21). The van der Waals surface area contributed by atoms with Gasteiger partial charge in [0.2, 0.25) is 5.96 Å². The third-order valence-electron chi connectivity index (χ3n) is 3.85. The number of aromatic nitrogens is 3. The molecule has 0 spiro atoms. The SMILES string of the molecule is CC1CC=NC(Nc2nc3c(s2)CCC(F)(F)c2[nH]ncc2-3)=N1. The van der Waals surface area contributed by atoms with Crippen LogP contribution in [-0.2, 0) is 12.3 Å². The molecule has 1 aliphatic carbocycles. The molecule has 1 unspecified atom stereocenters. The largest absolute Gasteiger partial charge is 0.300 e. The third-order valence-corrected chi connectivity index (χ3v) is 4.88. The molecule has 4 rings (SSSR count). The Labute approximate surface area is 134 Å². The number of nitrogens with zero attached hydrogens (tertiary/aromatic N) is 4. The van der Waals surface area contributed by atoms with E-state index in [0.29, 0.717) is 22.3 Å². The molecular weight excluding hydrogens is 322 g/mol. The summed E-state index contributed by atoms with van der Waals surface area (Å²) in [6.07, 6.45) is 4.05. The van der Waals surface area contributed by atoms with Crippen molar-refractivity contribution in [2.24, 2.45) is 9.98 Å². The number of H-pyrrole nitrogens is 1. The first kappa shape index (κ1) is 14.4. The molecule has 0 amide bonds. The number of fused-ring (bicyclic) bond motifs is 3. The molecule has 0 fully saturated rings. The Morgan fingerprint density at radius 1 is 1.43 bits per heavy atom. The molecule has 2 aliphatic rings. The molecule has 2 aromatic rings. The van der Waals surface area contributed by atoms with Gasteiger partial charge in [0.05, 0.1) is 17.9 Å². The van der Waals surface area contributed by atoms with Gasteiger partial charge in [0.25, 0.3) is 5.92 Å². The maximum atomic E-state index is 14.1.